The number of likely N-dealkylation sites (tertiary alicyclic amines) is 1. The van der Waals surface area contributed by atoms with E-state index in [0.29, 0.717) is 12.1 Å². The molecule has 3 nitrogen and oxygen atoms in total. The van der Waals surface area contributed by atoms with Crippen LogP contribution < -0.4 is 10.1 Å². The molecule has 0 aliphatic carbocycles. The first kappa shape index (κ1) is 14.4. The van der Waals surface area contributed by atoms with Crippen molar-refractivity contribution in [2.24, 2.45) is 5.92 Å². The molecule has 1 aromatic carbocycles. The van der Waals surface area contributed by atoms with Crippen LogP contribution in [0.2, 0.25) is 0 Å². The molecule has 0 spiro atoms. The molecule has 106 valence electrons. The Labute approximate surface area is 116 Å². The van der Waals surface area contributed by atoms with Crippen molar-refractivity contribution in [2.75, 3.05) is 27.2 Å². The molecule has 0 bridgehead atoms. The van der Waals surface area contributed by atoms with Gasteiger partial charge in [-0.2, -0.15) is 0 Å². The second-order valence-electron chi connectivity index (χ2n) is 5.73. The molecule has 0 aromatic heterocycles. The lowest BCUT2D eigenvalue weighted by Crippen LogP contribution is -2.36. The smallest absolute Gasteiger partial charge is 0.123 e. The Morgan fingerprint density at radius 3 is 2.68 bits per heavy atom. The lowest BCUT2D eigenvalue weighted by Gasteiger charge is -2.28. The van der Waals surface area contributed by atoms with E-state index in [1.807, 2.05) is 19.2 Å². The molecule has 3 heteroatoms. The summed E-state index contributed by atoms with van der Waals surface area (Å²) in [6.45, 7) is 6.92. The second kappa shape index (κ2) is 6.40. The summed E-state index contributed by atoms with van der Waals surface area (Å²) in [5, 5.41) is 3.43. The largest absolute Gasteiger partial charge is 0.496 e. The Balaban J connectivity index is 2.12. The molecule has 1 heterocycles. The van der Waals surface area contributed by atoms with Gasteiger partial charge in [0.05, 0.1) is 7.11 Å². The van der Waals surface area contributed by atoms with Crippen LogP contribution in [0.25, 0.3) is 0 Å². The maximum Gasteiger partial charge on any atom is 0.123 e. The van der Waals surface area contributed by atoms with Gasteiger partial charge in [0.25, 0.3) is 0 Å². The molecule has 1 aliphatic heterocycles. The van der Waals surface area contributed by atoms with Gasteiger partial charge in [0.1, 0.15) is 5.75 Å². The Hall–Kier alpha value is -1.06. The van der Waals surface area contributed by atoms with Gasteiger partial charge in [0.2, 0.25) is 0 Å². The fraction of sp³-hybridized carbons (Fsp3) is 0.625. The minimum absolute atomic E-state index is 0.323. The summed E-state index contributed by atoms with van der Waals surface area (Å²) < 4.78 is 5.48. The summed E-state index contributed by atoms with van der Waals surface area (Å²) in [4.78, 5) is 2.58. The van der Waals surface area contributed by atoms with Crippen molar-refractivity contribution in [1.82, 2.24) is 10.2 Å². The summed E-state index contributed by atoms with van der Waals surface area (Å²) in [5.41, 5.74) is 1.25. The van der Waals surface area contributed by atoms with Crippen molar-refractivity contribution in [1.29, 1.82) is 0 Å². The van der Waals surface area contributed by atoms with E-state index in [4.69, 9.17) is 4.74 Å². The minimum Gasteiger partial charge on any atom is -0.496 e. The molecule has 0 saturated carbocycles. The van der Waals surface area contributed by atoms with E-state index in [-0.39, 0.29) is 0 Å². The number of methoxy groups -OCH3 is 1. The Morgan fingerprint density at radius 1 is 1.37 bits per heavy atom. The molecular weight excluding hydrogens is 236 g/mol. The monoisotopic (exact) mass is 262 g/mol. The quantitative estimate of drug-likeness (QED) is 0.883. The van der Waals surface area contributed by atoms with Gasteiger partial charge < -0.3 is 10.1 Å². The van der Waals surface area contributed by atoms with Gasteiger partial charge in [-0.1, -0.05) is 25.1 Å². The van der Waals surface area contributed by atoms with E-state index < -0.39 is 0 Å². The van der Waals surface area contributed by atoms with Gasteiger partial charge in [-0.05, 0) is 32.4 Å². The number of hydrogen-bond donors (Lipinski definition) is 1. The zero-order chi connectivity index (χ0) is 13.8. The first-order valence-corrected chi connectivity index (χ1v) is 7.20. The first-order chi connectivity index (χ1) is 9.15. The number of rotatable bonds is 5. The first-order valence-electron chi connectivity index (χ1n) is 7.20. The molecule has 1 aliphatic rings. The van der Waals surface area contributed by atoms with Gasteiger partial charge in [0, 0.05) is 30.7 Å². The minimum atomic E-state index is 0.323. The number of likely N-dealkylation sites (N-methyl/N-ethyl adjacent to an activating group) is 1. The summed E-state index contributed by atoms with van der Waals surface area (Å²) in [6.07, 6.45) is 1.31. The van der Waals surface area contributed by atoms with Crippen LogP contribution in [0, 0.1) is 5.92 Å². The molecule has 0 amide bonds. The fourth-order valence-electron chi connectivity index (χ4n) is 3.17. The lowest BCUT2D eigenvalue weighted by molar-refractivity contribution is 0.236. The third-order valence-corrected chi connectivity index (χ3v) is 4.19. The highest BCUT2D eigenvalue weighted by molar-refractivity contribution is 5.36. The van der Waals surface area contributed by atoms with E-state index in [1.165, 1.54) is 18.5 Å². The van der Waals surface area contributed by atoms with Gasteiger partial charge in [0.15, 0.2) is 0 Å². The molecule has 1 aromatic rings. The molecule has 19 heavy (non-hydrogen) atoms. The molecule has 0 radical (unpaired) electrons. The van der Waals surface area contributed by atoms with Crippen molar-refractivity contribution in [3.8, 4) is 5.75 Å². The van der Waals surface area contributed by atoms with Crippen LogP contribution in [0.3, 0.4) is 0 Å². The average molecular weight is 262 g/mol. The van der Waals surface area contributed by atoms with Crippen LogP contribution >= 0.6 is 0 Å². The van der Waals surface area contributed by atoms with E-state index in [9.17, 15) is 0 Å². The lowest BCUT2D eigenvalue weighted by atomic mass is 10.0. The molecule has 1 N–H and O–H groups in total. The Bertz CT molecular complexity index is 407. The molecule has 3 atom stereocenters. The maximum absolute atomic E-state index is 5.48. The van der Waals surface area contributed by atoms with E-state index in [1.54, 1.807) is 7.11 Å². The van der Waals surface area contributed by atoms with Crippen LogP contribution in [0.15, 0.2) is 24.3 Å². The molecule has 3 unspecified atom stereocenters. The number of ether oxygens (including phenoxy) is 1. The van der Waals surface area contributed by atoms with Crippen LogP contribution in [0.5, 0.6) is 5.75 Å². The van der Waals surface area contributed by atoms with Crippen molar-refractivity contribution < 1.29 is 4.74 Å². The zero-order valence-corrected chi connectivity index (χ0v) is 12.5. The van der Waals surface area contributed by atoms with Gasteiger partial charge >= 0.3 is 0 Å². The zero-order valence-electron chi connectivity index (χ0n) is 12.5. The van der Waals surface area contributed by atoms with Gasteiger partial charge in [-0.3, -0.25) is 4.90 Å². The predicted octanol–water partition coefficient (Wildman–Crippen LogP) is 2.69. The third kappa shape index (κ3) is 3.28. The molecular formula is C16H26N2O. The summed E-state index contributed by atoms with van der Waals surface area (Å²) in [6, 6.07) is 9.30. The highest BCUT2D eigenvalue weighted by Crippen LogP contribution is 2.29. The number of nitrogens with zero attached hydrogens (tertiary/aromatic N) is 1. The van der Waals surface area contributed by atoms with E-state index in [0.717, 1.165) is 18.2 Å². The second-order valence-corrected chi connectivity index (χ2v) is 5.73. The molecule has 1 fully saturated rings. The van der Waals surface area contributed by atoms with E-state index >= 15 is 0 Å². The summed E-state index contributed by atoms with van der Waals surface area (Å²) in [7, 11) is 3.77. The number of hydrogen-bond acceptors (Lipinski definition) is 3. The van der Waals surface area contributed by atoms with Gasteiger partial charge in [-0.25, -0.2) is 0 Å². The van der Waals surface area contributed by atoms with E-state index in [2.05, 4.69) is 36.2 Å². The van der Waals surface area contributed by atoms with Crippen LogP contribution in [-0.4, -0.2) is 38.2 Å². The summed E-state index contributed by atoms with van der Waals surface area (Å²) in [5.74, 6) is 1.78. The standard InChI is InChI=1S/C16H26N2O/c1-12-9-13(2)18(10-12)11-15(17-3)14-7-5-6-8-16(14)19-4/h5-8,12-13,15,17H,9-11H2,1-4H3. The highest BCUT2D eigenvalue weighted by Gasteiger charge is 2.28. The topological polar surface area (TPSA) is 24.5 Å². The van der Waals surface area contributed by atoms with Gasteiger partial charge in [-0.15, -0.1) is 0 Å². The maximum atomic E-state index is 5.48. The number of nitrogens with one attached hydrogen (secondary N) is 1. The van der Waals surface area contributed by atoms with Crippen molar-refractivity contribution in [3.63, 3.8) is 0 Å². The van der Waals surface area contributed by atoms with Crippen molar-refractivity contribution in [3.05, 3.63) is 29.8 Å². The fourth-order valence-corrected chi connectivity index (χ4v) is 3.17. The number of benzene rings is 1. The SMILES string of the molecule is CNC(CN1CC(C)CC1C)c1ccccc1OC. The normalized spacial score (nSPS) is 25.5. The Morgan fingerprint density at radius 2 is 2.11 bits per heavy atom. The third-order valence-electron chi connectivity index (χ3n) is 4.19. The van der Waals surface area contributed by atoms with Crippen molar-refractivity contribution in [2.45, 2.75) is 32.4 Å². The molecule has 2 rings (SSSR count). The number of para-hydroxylation sites is 1. The average Bonchev–Trinajstić information content (AvgIpc) is 2.74. The highest BCUT2D eigenvalue weighted by atomic mass is 16.5. The van der Waals surface area contributed by atoms with Crippen molar-refractivity contribution >= 4 is 0 Å². The van der Waals surface area contributed by atoms with Crippen LogP contribution in [-0.2, 0) is 0 Å². The summed E-state index contributed by atoms with van der Waals surface area (Å²) >= 11 is 0. The Kier molecular flexibility index (Phi) is 4.83. The van der Waals surface area contributed by atoms with Crippen LogP contribution in [0.1, 0.15) is 31.9 Å². The molecule has 1 saturated heterocycles. The predicted molar refractivity (Wildman–Crippen MR) is 79.6 cm³/mol. The van der Waals surface area contributed by atoms with Crippen LogP contribution in [0.4, 0.5) is 0 Å².